The maximum absolute atomic E-state index is 6.02. The van der Waals surface area contributed by atoms with Crippen molar-refractivity contribution in [2.45, 2.75) is 46.0 Å². The lowest BCUT2D eigenvalue weighted by atomic mass is 10.0. The van der Waals surface area contributed by atoms with E-state index in [2.05, 4.69) is 24.1 Å². The second-order valence-corrected chi connectivity index (χ2v) is 5.85. The van der Waals surface area contributed by atoms with Crippen molar-refractivity contribution in [1.82, 2.24) is 4.98 Å². The van der Waals surface area contributed by atoms with Crippen LogP contribution in [0.25, 0.3) is 0 Å². The number of rotatable bonds is 8. The summed E-state index contributed by atoms with van der Waals surface area (Å²) in [6.45, 7) is 5.46. The van der Waals surface area contributed by atoms with Crippen LogP contribution in [0.4, 0.5) is 5.82 Å². The third kappa shape index (κ3) is 6.46. The molecule has 1 heterocycles. The van der Waals surface area contributed by atoms with E-state index < -0.39 is 0 Å². The molecule has 0 radical (unpaired) electrons. The molecule has 102 valence electrons. The number of nitrogens with zero attached hydrogens (tertiary/aromatic N) is 1. The lowest BCUT2D eigenvalue weighted by molar-refractivity contribution is 0.523. The van der Waals surface area contributed by atoms with Crippen molar-refractivity contribution in [2.24, 2.45) is 5.92 Å². The number of hydrogen-bond donors (Lipinski definition) is 1. The van der Waals surface area contributed by atoms with Crippen LogP contribution in [0.15, 0.2) is 12.3 Å². The first-order chi connectivity index (χ1) is 8.59. The molecule has 1 N–H and O–H groups in total. The summed E-state index contributed by atoms with van der Waals surface area (Å²) >= 11 is 11.8. The second kappa shape index (κ2) is 8.60. The van der Waals surface area contributed by atoms with Gasteiger partial charge in [-0.15, -0.1) is 0 Å². The Morgan fingerprint density at radius 3 is 2.56 bits per heavy atom. The van der Waals surface area contributed by atoms with Gasteiger partial charge in [0.25, 0.3) is 0 Å². The van der Waals surface area contributed by atoms with Gasteiger partial charge in [0.1, 0.15) is 5.82 Å². The lowest BCUT2D eigenvalue weighted by Crippen LogP contribution is -2.03. The smallest absolute Gasteiger partial charge is 0.144 e. The van der Waals surface area contributed by atoms with Crippen molar-refractivity contribution < 1.29 is 0 Å². The van der Waals surface area contributed by atoms with E-state index in [1.165, 1.54) is 25.7 Å². The Hall–Kier alpha value is -0.470. The summed E-state index contributed by atoms with van der Waals surface area (Å²) in [6, 6.07) is 1.71. The van der Waals surface area contributed by atoms with Gasteiger partial charge >= 0.3 is 0 Å². The van der Waals surface area contributed by atoms with Crippen LogP contribution >= 0.6 is 23.2 Å². The third-order valence-corrected chi connectivity index (χ3v) is 3.30. The van der Waals surface area contributed by atoms with Crippen molar-refractivity contribution in [1.29, 1.82) is 0 Å². The molecule has 1 rings (SSSR count). The average molecular weight is 289 g/mol. The van der Waals surface area contributed by atoms with Gasteiger partial charge in [0.2, 0.25) is 0 Å². The molecule has 2 nitrogen and oxygen atoms in total. The van der Waals surface area contributed by atoms with Crippen molar-refractivity contribution in [2.75, 3.05) is 11.9 Å². The van der Waals surface area contributed by atoms with Gasteiger partial charge in [-0.25, -0.2) is 4.98 Å². The minimum atomic E-state index is 0.569. The molecule has 0 aliphatic carbocycles. The average Bonchev–Trinajstić information content (AvgIpc) is 2.30. The van der Waals surface area contributed by atoms with E-state index in [1.807, 2.05) is 0 Å². The molecule has 0 amide bonds. The molecule has 18 heavy (non-hydrogen) atoms. The molecule has 0 bridgehead atoms. The molecular weight excluding hydrogens is 267 g/mol. The number of aromatic nitrogens is 1. The Balaban J connectivity index is 2.11. The molecule has 0 aromatic carbocycles. The van der Waals surface area contributed by atoms with E-state index in [9.17, 15) is 0 Å². The number of unbranched alkanes of at least 4 members (excludes halogenated alkanes) is 3. The van der Waals surface area contributed by atoms with Crippen molar-refractivity contribution in [3.8, 4) is 0 Å². The monoisotopic (exact) mass is 288 g/mol. The van der Waals surface area contributed by atoms with Crippen LogP contribution in [0.5, 0.6) is 0 Å². The largest absolute Gasteiger partial charge is 0.369 e. The number of pyridine rings is 1. The van der Waals surface area contributed by atoms with Crippen molar-refractivity contribution in [3.63, 3.8) is 0 Å². The molecule has 0 saturated heterocycles. The molecule has 4 heteroatoms. The van der Waals surface area contributed by atoms with E-state index in [1.54, 1.807) is 12.3 Å². The molecular formula is C14H22Cl2N2. The Morgan fingerprint density at radius 1 is 1.17 bits per heavy atom. The molecule has 0 unspecified atom stereocenters. The molecule has 0 atom stereocenters. The summed E-state index contributed by atoms with van der Waals surface area (Å²) in [5, 5.41) is 4.39. The Morgan fingerprint density at radius 2 is 1.89 bits per heavy atom. The second-order valence-electron chi connectivity index (χ2n) is 5.01. The summed E-state index contributed by atoms with van der Waals surface area (Å²) in [6.07, 6.45) is 7.99. The highest BCUT2D eigenvalue weighted by atomic mass is 35.5. The van der Waals surface area contributed by atoms with Crippen LogP contribution in [0.1, 0.15) is 46.0 Å². The normalized spacial score (nSPS) is 10.9. The van der Waals surface area contributed by atoms with E-state index in [0.717, 1.165) is 24.7 Å². The van der Waals surface area contributed by atoms with Gasteiger partial charge in [0.05, 0.1) is 10.0 Å². The molecule has 1 aromatic heterocycles. The zero-order valence-corrected chi connectivity index (χ0v) is 12.7. The van der Waals surface area contributed by atoms with Gasteiger partial charge in [-0.3, -0.25) is 0 Å². The van der Waals surface area contributed by atoms with Crippen LogP contribution in [0.3, 0.4) is 0 Å². The maximum Gasteiger partial charge on any atom is 0.144 e. The number of hydrogen-bond acceptors (Lipinski definition) is 2. The van der Waals surface area contributed by atoms with E-state index in [0.29, 0.717) is 10.0 Å². The maximum atomic E-state index is 6.02. The fourth-order valence-electron chi connectivity index (χ4n) is 1.78. The summed E-state index contributed by atoms with van der Waals surface area (Å²) < 4.78 is 0. The molecule has 0 fully saturated rings. The van der Waals surface area contributed by atoms with Gasteiger partial charge in [0, 0.05) is 12.7 Å². The molecule has 0 saturated carbocycles. The summed E-state index contributed by atoms with van der Waals surface area (Å²) in [4.78, 5) is 4.16. The molecule has 0 aliphatic rings. The van der Waals surface area contributed by atoms with Crippen LogP contribution < -0.4 is 5.32 Å². The summed E-state index contributed by atoms with van der Waals surface area (Å²) in [5.74, 6) is 1.54. The van der Waals surface area contributed by atoms with Crippen LogP contribution in [0, 0.1) is 5.92 Å². The van der Waals surface area contributed by atoms with Gasteiger partial charge in [0.15, 0.2) is 0 Å². The van der Waals surface area contributed by atoms with E-state index >= 15 is 0 Å². The number of anilines is 1. The Kier molecular flexibility index (Phi) is 7.45. The van der Waals surface area contributed by atoms with Crippen LogP contribution in [-0.4, -0.2) is 11.5 Å². The fourth-order valence-corrected chi connectivity index (χ4v) is 2.23. The van der Waals surface area contributed by atoms with Gasteiger partial charge in [-0.05, 0) is 18.4 Å². The van der Waals surface area contributed by atoms with E-state index in [-0.39, 0.29) is 0 Å². The van der Waals surface area contributed by atoms with Crippen LogP contribution in [0.2, 0.25) is 10.0 Å². The summed E-state index contributed by atoms with van der Waals surface area (Å²) in [7, 11) is 0. The Labute approximate surface area is 120 Å². The van der Waals surface area contributed by atoms with Gasteiger partial charge in [-0.1, -0.05) is 62.7 Å². The first-order valence-electron chi connectivity index (χ1n) is 6.64. The highest BCUT2D eigenvalue weighted by Gasteiger charge is 2.01. The van der Waals surface area contributed by atoms with Gasteiger partial charge in [-0.2, -0.15) is 0 Å². The number of nitrogens with one attached hydrogen (secondary N) is 1. The minimum Gasteiger partial charge on any atom is -0.369 e. The molecule has 0 aliphatic heterocycles. The number of halogens is 2. The summed E-state index contributed by atoms with van der Waals surface area (Å²) in [5.41, 5.74) is 0. The predicted octanol–water partition coefficient (Wildman–Crippen LogP) is 5.41. The SMILES string of the molecule is CC(C)CCCCCCNc1ncc(Cl)cc1Cl. The molecule has 0 spiro atoms. The predicted molar refractivity (Wildman–Crippen MR) is 80.7 cm³/mol. The highest BCUT2D eigenvalue weighted by Crippen LogP contribution is 2.22. The zero-order chi connectivity index (χ0) is 13.4. The Bertz CT molecular complexity index is 354. The van der Waals surface area contributed by atoms with Crippen molar-refractivity contribution in [3.05, 3.63) is 22.3 Å². The standard InChI is InChI=1S/C14H22Cl2N2/c1-11(2)7-5-3-4-6-8-17-14-13(16)9-12(15)10-18-14/h9-11H,3-8H2,1-2H3,(H,17,18). The first-order valence-corrected chi connectivity index (χ1v) is 7.40. The fraction of sp³-hybridized carbons (Fsp3) is 0.643. The van der Waals surface area contributed by atoms with Crippen LogP contribution in [-0.2, 0) is 0 Å². The van der Waals surface area contributed by atoms with E-state index in [4.69, 9.17) is 23.2 Å². The topological polar surface area (TPSA) is 24.9 Å². The lowest BCUT2D eigenvalue weighted by Gasteiger charge is -2.08. The van der Waals surface area contributed by atoms with Gasteiger partial charge < -0.3 is 5.32 Å². The zero-order valence-electron chi connectivity index (χ0n) is 11.2. The first kappa shape index (κ1) is 15.6. The molecule has 1 aromatic rings. The minimum absolute atomic E-state index is 0.569. The highest BCUT2D eigenvalue weighted by molar-refractivity contribution is 6.35. The third-order valence-electron chi connectivity index (χ3n) is 2.81. The van der Waals surface area contributed by atoms with Crippen molar-refractivity contribution >= 4 is 29.0 Å². The quantitative estimate of drug-likeness (QED) is 0.647.